The summed E-state index contributed by atoms with van der Waals surface area (Å²) in [6.07, 6.45) is 0.227. The van der Waals surface area contributed by atoms with Crippen LogP contribution in [-0.2, 0) is 17.8 Å². The first-order chi connectivity index (χ1) is 11.6. The van der Waals surface area contributed by atoms with Gasteiger partial charge < -0.3 is 14.6 Å². The van der Waals surface area contributed by atoms with Gasteiger partial charge in [0.2, 0.25) is 5.91 Å². The van der Waals surface area contributed by atoms with Crippen LogP contribution in [0.1, 0.15) is 22.7 Å². The summed E-state index contributed by atoms with van der Waals surface area (Å²) in [5.41, 5.74) is 4.89. The number of rotatable bonds is 6. The number of nitrogens with zero attached hydrogens (tertiary/aromatic N) is 2. The summed E-state index contributed by atoms with van der Waals surface area (Å²) < 4.78 is 10.8. The third kappa shape index (κ3) is 3.99. The van der Waals surface area contributed by atoms with Gasteiger partial charge in [-0.05, 0) is 26.0 Å². The van der Waals surface area contributed by atoms with E-state index in [-0.39, 0.29) is 12.3 Å². The molecule has 0 saturated carbocycles. The van der Waals surface area contributed by atoms with Gasteiger partial charge in [0.25, 0.3) is 0 Å². The monoisotopic (exact) mass is 343 g/mol. The Kier molecular flexibility index (Phi) is 4.90. The van der Waals surface area contributed by atoms with E-state index in [0.29, 0.717) is 23.8 Å². The largest absolute Gasteiger partial charge is 0.487 e. The zero-order valence-corrected chi connectivity index (χ0v) is 14.2. The van der Waals surface area contributed by atoms with Crippen LogP contribution in [0.25, 0.3) is 0 Å². The molecule has 0 aliphatic carbocycles. The van der Waals surface area contributed by atoms with Gasteiger partial charge in [-0.15, -0.1) is 11.3 Å². The third-order valence-corrected chi connectivity index (χ3v) is 4.14. The molecule has 6 nitrogen and oxygen atoms in total. The van der Waals surface area contributed by atoms with Gasteiger partial charge in [0.1, 0.15) is 18.1 Å². The van der Waals surface area contributed by atoms with E-state index in [9.17, 15) is 4.79 Å². The summed E-state index contributed by atoms with van der Waals surface area (Å²) in [4.78, 5) is 16.4. The maximum Gasteiger partial charge on any atom is 0.229 e. The summed E-state index contributed by atoms with van der Waals surface area (Å²) in [6, 6.07) is 7.29. The number of ether oxygens (including phenoxy) is 1. The lowest BCUT2D eigenvalue weighted by Crippen LogP contribution is -2.15. The number of nitrogens with one attached hydrogen (secondary N) is 1. The Morgan fingerprint density at radius 1 is 1.38 bits per heavy atom. The molecule has 3 aromatic rings. The molecule has 0 aliphatic rings. The minimum absolute atomic E-state index is 0.124. The number of aryl methyl sites for hydroxylation is 2. The Labute approximate surface area is 143 Å². The second kappa shape index (κ2) is 7.27. The van der Waals surface area contributed by atoms with Crippen molar-refractivity contribution in [3.63, 3.8) is 0 Å². The van der Waals surface area contributed by atoms with Crippen LogP contribution < -0.4 is 10.1 Å². The van der Waals surface area contributed by atoms with Crippen LogP contribution in [-0.4, -0.2) is 16.0 Å². The van der Waals surface area contributed by atoms with Gasteiger partial charge in [0.15, 0.2) is 0 Å². The Morgan fingerprint density at radius 3 is 2.96 bits per heavy atom. The Morgan fingerprint density at radius 2 is 2.25 bits per heavy atom. The molecule has 0 aliphatic heterocycles. The summed E-state index contributed by atoms with van der Waals surface area (Å²) in [5.74, 6) is 1.22. The summed E-state index contributed by atoms with van der Waals surface area (Å²) in [5, 5.41) is 8.66. The van der Waals surface area contributed by atoms with E-state index in [1.807, 2.05) is 30.5 Å². The van der Waals surface area contributed by atoms with Crippen molar-refractivity contribution >= 4 is 22.9 Å². The van der Waals surface area contributed by atoms with Crippen LogP contribution in [0.3, 0.4) is 0 Å². The second-order valence-electron chi connectivity index (χ2n) is 5.32. The highest BCUT2D eigenvalue weighted by Crippen LogP contribution is 2.20. The first kappa shape index (κ1) is 16.2. The molecule has 7 heteroatoms. The van der Waals surface area contributed by atoms with Crippen molar-refractivity contribution < 1.29 is 14.1 Å². The number of aromatic nitrogens is 2. The molecule has 0 bridgehead atoms. The first-order valence-corrected chi connectivity index (χ1v) is 8.37. The lowest BCUT2D eigenvalue weighted by molar-refractivity contribution is -0.115. The predicted molar refractivity (Wildman–Crippen MR) is 91.2 cm³/mol. The summed E-state index contributed by atoms with van der Waals surface area (Å²) in [7, 11) is 0. The molecule has 0 atom stereocenters. The smallest absolute Gasteiger partial charge is 0.229 e. The van der Waals surface area contributed by atoms with Crippen molar-refractivity contribution in [2.45, 2.75) is 26.9 Å². The molecule has 124 valence electrons. The standard InChI is InChI=1S/C17H17N3O3S/c1-11-16(12(2)23-20-11)7-17(21)19-13-4-3-5-15(6-13)22-8-14-9-24-10-18-14/h3-6,9-10H,7-8H2,1-2H3,(H,19,21). The highest BCUT2D eigenvalue weighted by molar-refractivity contribution is 7.07. The van der Waals surface area contributed by atoms with Crippen molar-refractivity contribution in [1.29, 1.82) is 0 Å². The van der Waals surface area contributed by atoms with Crippen molar-refractivity contribution in [1.82, 2.24) is 10.1 Å². The number of anilines is 1. The van der Waals surface area contributed by atoms with Crippen LogP contribution in [0, 0.1) is 13.8 Å². The predicted octanol–water partition coefficient (Wildman–Crippen LogP) is 3.51. The molecule has 1 amide bonds. The molecule has 24 heavy (non-hydrogen) atoms. The van der Waals surface area contributed by atoms with E-state index in [2.05, 4.69) is 15.5 Å². The van der Waals surface area contributed by atoms with E-state index in [0.717, 1.165) is 17.0 Å². The molecule has 2 heterocycles. The average Bonchev–Trinajstić information content (AvgIpc) is 3.19. The quantitative estimate of drug-likeness (QED) is 0.741. The van der Waals surface area contributed by atoms with Crippen molar-refractivity contribution in [2.75, 3.05) is 5.32 Å². The van der Waals surface area contributed by atoms with Gasteiger partial charge in [-0.2, -0.15) is 0 Å². The fourth-order valence-electron chi connectivity index (χ4n) is 2.25. The minimum Gasteiger partial charge on any atom is -0.487 e. The SMILES string of the molecule is Cc1noc(C)c1CC(=O)Nc1cccc(OCc2cscn2)c1. The van der Waals surface area contributed by atoms with Gasteiger partial charge >= 0.3 is 0 Å². The van der Waals surface area contributed by atoms with E-state index < -0.39 is 0 Å². The lowest BCUT2D eigenvalue weighted by atomic mass is 10.1. The Hall–Kier alpha value is -2.67. The van der Waals surface area contributed by atoms with E-state index in [4.69, 9.17) is 9.26 Å². The summed E-state index contributed by atoms with van der Waals surface area (Å²) >= 11 is 1.53. The van der Waals surface area contributed by atoms with Crippen molar-refractivity contribution in [2.24, 2.45) is 0 Å². The van der Waals surface area contributed by atoms with E-state index in [1.54, 1.807) is 18.5 Å². The molecule has 0 saturated heterocycles. The number of thiazole rings is 1. The fraction of sp³-hybridized carbons (Fsp3) is 0.235. The van der Waals surface area contributed by atoms with E-state index >= 15 is 0 Å². The Bertz CT molecular complexity index is 808. The summed E-state index contributed by atoms with van der Waals surface area (Å²) in [6.45, 7) is 4.03. The maximum atomic E-state index is 12.2. The number of carbonyl (C=O) groups excluding carboxylic acids is 1. The topological polar surface area (TPSA) is 77.2 Å². The highest BCUT2D eigenvalue weighted by Gasteiger charge is 2.13. The highest BCUT2D eigenvalue weighted by atomic mass is 32.1. The maximum absolute atomic E-state index is 12.2. The lowest BCUT2D eigenvalue weighted by Gasteiger charge is -2.08. The fourth-order valence-corrected chi connectivity index (χ4v) is 2.79. The average molecular weight is 343 g/mol. The third-order valence-electron chi connectivity index (χ3n) is 3.51. The van der Waals surface area contributed by atoms with Crippen LogP contribution >= 0.6 is 11.3 Å². The van der Waals surface area contributed by atoms with Crippen LogP contribution in [0.2, 0.25) is 0 Å². The van der Waals surface area contributed by atoms with Gasteiger partial charge in [-0.25, -0.2) is 4.98 Å². The number of hydrogen-bond donors (Lipinski definition) is 1. The van der Waals surface area contributed by atoms with Gasteiger partial charge in [0.05, 0.1) is 23.3 Å². The van der Waals surface area contributed by atoms with Crippen LogP contribution in [0.4, 0.5) is 5.69 Å². The number of carbonyl (C=O) groups is 1. The second-order valence-corrected chi connectivity index (χ2v) is 6.04. The molecular weight excluding hydrogens is 326 g/mol. The van der Waals surface area contributed by atoms with Crippen LogP contribution in [0.5, 0.6) is 5.75 Å². The zero-order valence-electron chi connectivity index (χ0n) is 13.4. The van der Waals surface area contributed by atoms with Crippen LogP contribution in [0.15, 0.2) is 39.7 Å². The Balaban J connectivity index is 1.60. The minimum atomic E-state index is -0.124. The van der Waals surface area contributed by atoms with Gasteiger partial charge in [-0.1, -0.05) is 11.2 Å². The molecule has 1 N–H and O–H groups in total. The van der Waals surface area contributed by atoms with E-state index in [1.165, 1.54) is 11.3 Å². The normalized spacial score (nSPS) is 10.6. The van der Waals surface area contributed by atoms with Crippen molar-refractivity contribution in [3.05, 3.63) is 57.9 Å². The number of amides is 1. The molecule has 0 spiro atoms. The van der Waals surface area contributed by atoms with Crippen molar-refractivity contribution in [3.8, 4) is 5.75 Å². The number of hydrogen-bond acceptors (Lipinski definition) is 6. The first-order valence-electron chi connectivity index (χ1n) is 7.43. The molecule has 1 aromatic carbocycles. The molecule has 0 radical (unpaired) electrons. The zero-order chi connectivity index (χ0) is 16.9. The molecule has 0 unspecified atom stereocenters. The molecule has 0 fully saturated rings. The molecular formula is C17H17N3O3S. The van der Waals surface area contributed by atoms with Gasteiger partial charge in [0, 0.05) is 22.7 Å². The van der Waals surface area contributed by atoms with Gasteiger partial charge in [-0.3, -0.25) is 4.79 Å². The molecule has 3 rings (SSSR count). The molecule has 2 aromatic heterocycles. The number of benzene rings is 1.